The van der Waals surface area contributed by atoms with E-state index >= 15 is 0 Å². The lowest BCUT2D eigenvalue weighted by molar-refractivity contribution is 0.548. The molecule has 0 saturated carbocycles. The molecule has 0 bridgehead atoms. The van der Waals surface area contributed by atoms with Gasteiger partial charge in [-0.2, -0.15) is 0 Å². The van der Waals surface area contributed by atoms with Crippen LogP contribution in [0.1, 0.15) is 28.0 Å². The quantitative estimate of drug-likeness (QED) is 0.319. The van der Waals surface area contributed by atoms with Crippen molar-refractivity contribution in [1.29, 1.82) is 0 Å². The summed E-state index contributed by atoms with van der Waals surface area (Å²) < 4.78 is 12.1. The average molecular weight is 394 g/mol. The number of benzene rings is 3. The van der Waals surface area contributed by atoms with Gasteiger partial charge in [-0.15, -0.1) is 0 Å². The first-order chi connectivity index (χ1) is 14.5. The number of furan rings is 1. The van der Waals surface area contributed by atoms with E-state index in [-0.39, 0.29) is 5.63 Å². The van der Waals surface area contributed by atoms with Crippen LogP contribution in [0.3, 0.4) is 0 Å². The maximum atomic E-state index is 12.8. The van der Waals surface area contributed by atoms with Crippen LogP contribution in [0.2, 0.25) is 0 Å². The molecular formula is C27H22O3. The van der Waals surface area contributed by atoms with Crippen LogP contribution < -0.4 is 5.63 Å². The zero-order valence-electron chi connectivity index (χ0n) is 17.3. The van der Waals surface area contributed by atoms with Crippen molar-refractivity contribution >= 4 is 21.9 Å². The lowest BCUT2D eigenvalue weighted by Gasteiger charge is -2.10. The fourth-order valence-electron chi connectivity index (χ4n) is 4.41. The minimum Gasteiger partial charge on any atom is -0.460 e. The predicted octanol–water partition coefficient (Wildman–Crippen LogP) is 6.72. The molecule has 2 aromatic heterocycles. The molecule has 0 aliphatic heterocycles. The van der Waals surface area contributed by atoms with E-state index in [2.05, 4.69) is 12.1 Å². The normalized spacial score (nSPS) is 11.4. The van der Waals surface area contributed by atoms with Crippen molar-refractivity contribution in [2.24, 2.45) is 0 Å². The van der Waals surface area contributed by atoms with Gasteiger partial charge in [-0.05, 0) is 49.1 Å². The Bertz CT molecular complexity index is 1440. The minimum absolute atomic E-state index is 0.283. The Morgan fingerprint density at radius 3 is 2.17 bits per heavy atom. The molecule has 3 aromatic carbocycles. The van der Waals surface area contributed by atoms with Crippen LogP contribution in [0, 0.1) is 20.8 Å². The molecule has 0 saturated heterocycles. The van der Waals surface area contributed by atoms with E-state index < -0.39 is 0 Å². The van der Waals surface area contributed by atoms with Crippen LogP contribution in [-0.2, 0) is 6.42 Å². The van der Waals surface area contributed by atoms with E-state index in [1.54, 1.807) is 0 Å². The average Bonchev–Trinajstić information content (AvgIpc) is 3.09. The molecule has 0 atom stereocenters. The molecule has 0 aliphatic rings. The topological polar surface area (TPSA) is 43.4 Å². The maximum Gasteiger partial charge on any atom is 0.340 e. The van der Waals surface area contributed by atoms with Gasteiger partial charge in [0.05, 0.1) is 5.39 Å². The molecule has 0 N–H and O–H groups in total. The van der Waals surface area contributed by atoms with Gasteiger partial charge in [-0.25, -0.2) is 4.79 Å². The molecule has 0 spiro atoms. The van der Waals surface area contributed by atoms with Gasteiger partial charge in [0.25, 0.3) is 0 Å². The van der Waals surface area contributed by atoms with Crippen molar-refractivity contribution in [2.45, 2.75) is 27.2 Å². The fourth-order valence-corrected chi connectivity index (χ4v) is 4.41. The first-order valence-corrected chi connectivity index (χ1v) is 10.1. The van der Waals surface area contributed by atoms with Crippen molar-refractivity contribution in [3.8, 4) is 11.1 Å². The molecule has 0 aliphatic carbocycles. The smallest absolute Gasteiger partial charge is 0.340 e. The van der Waals surface area contributed by atoms with Gasteiger partial charge in [0.1, 0.15) is 16.9 Å². The molecule has 3 nitrogen and oxygen atoms in total. The van der Waals surface area contributed by atoms with Gasteiger partial charge in [0.2, 0.25) is 0 Å². The molecule has 0 radical (unpaired) electrons. The van der Waals surface area contributed by atoms with E-state index in [4.69, 9.17) is 8.83 Å². The summed E-state index contributed by atoms with van der Waals surface area (Å²) in [6.07, 6.45) is 0.533. The lowest BCUT2D eigenvalue weighted by Crippen LogP contribution is -2.11. The molecule has 0 unspecified atom stereocenters. The summed E-state index contributed by atoms with van der Waals surface area (Å²) in [5.74, 6) is 0.863. The van der Waals surface area contributed by atoms with E-state index in [0.717, 1.165) is 49.9 Å². The molecule has 0 amide bonds. The van der Waals surface area contributed by atoms with Crippen molar-refractivity contribution in [3.63, 3.8) is 0 Å². The maximum absolute atomic E-state index is 12.8. The third-order valence-corrected chi connectivity index (χ3v) is 5.86. The molecule has 3 heteroatoms. The van der Waals surface area contributed by atoms with Crippen molar-refractivity contribution in [2.75, 3.05) is 0 Å². The SMILES string of the molecule is Cc1oc2c(c(C)cc3oc(=O)c(Cc4ccccc4)c(C)c32)c1-c1ccccc1. The Kier molecular flexibility index (Phi) is 4.32. The highest BCUT2D eigenvalue weighted by molar-refractivity contribution is 6.11. The van der Waals surface area contributed by atoms with Crippen LogP contribution in [0.5, 0.6) is 0 Å². The number of fused-ring (bicyclic) bond motifs is 3. The molecular weight excluding hydrogens is 372 g/mol. The lowest BCUT2D eigenvalue weighted by atomic mass is 9.94. The number of aryl methyl sites for hydroxylation is 3. The summed E-state index contributed by atoms with van der Waals surface area (Å²) in [5.41, 5.74) is 7.01. The molecule has 30 heavy (non-hydrogen) atoms. The van der Waals surface area contributed by atoms with Crippen molar-refractivity contribution < 1.29 is 8.83 Å². The Balaban J connectivity index is 1.83. The van der Waals surface area contributed by atoms with Crippen molar-refractivity contribution in [1.82, 2.24) is 0 Å². The van der Waals surface area contributed by atoms with Crippen LogP contribution >= 0.6 is 0 Å². The Morgan fingerprint density at radius 1 is 0.800 bits per heavy atom. The van der Waals surface area contributed by atoms with Gasteiger partial charge < -0.3 is 8.83 Å². The number of rotatable bonds is 3. The molecule has 148 valence electrons. The zero-order valence-corrected chi connectivity index (χ0v) is 17.3. The largest absolute Gasteiger partial charge is 0.460 e. The molecule has 5 rings (SSSR count). The van der Waals surface area contributed by atoms with Gasteiger partial charge in [0.15, 0.2) is 0 Å². The summed E-state index contributed by atoms with van der Waals surface area (Å²) in [5, 5.41) is 1.96. The first-order valence-electron chi connectivity index (χ1n) is 10.1. The summed E-state index contributed by atoms with van der Waals surface area (Å²) >= 11 is 0. The Morgan fingerprint density at radius 2 is 1.47 bits per heavy atom. The van der Waals surface area contributed by atoms with Crippen LogP contribution in [0.15, 0.2) is 80.4 Å². The van der Waals surface area contributed by atoms with Crippen molar-refractivity contribution in [3.05, 3.63) is 105 Å². The fraction of sp³-hybridized carbons (Fsp3) is 0.148. The summed E-state index contributed by atoms with van der Waals surface area (Å²) in [4.78, 5) is 12.8. The van der Waals surface area contributed by atoms with Gasteiger partial charge in [-0.3, -0.25) is 0 Å². The Labute approximate surface area is 174 Å². The minimum atomic E-state index is -0.283. The van der Waals surface area contributed by atoms with E-state index in [0.29, 0.717) is 17.6 Å². The molecule has 0 fully saturated rings. The Hall–Kier alpha value is -3.59. The second-order valence-corrected chi connectivity index (χ2v) is 7.83. The van der Waals surface area contributed by atoms with Crippen LogP contribution in [0.25, 0.3) is 33.1 Å². The highest BCUT2D eigenvalue weighted by atomic mass is 16.4. The third-order valence-electron chi connectivity index (χ3n) is 5.86. The van der Waals surface area contributed by atoms with Gasteiger partial charge >= 0.3 is 5.63 Å². The van der Waals surface area contributed by atoms with E-state index in [1.165, 1.54) is 0 Å². The highest BCUT2D eigenvalue weighted by Crippen LogP contribution is 2.41. The number of hydrogen-bond donors (Lipinski definition) is 0. The third kappa shape index (κ3) is 2.86. The zero-order chi connectivity index (χ0) is 20.8. The standard InChI is InChI=1S/C27H22O3/c1-16-14-22-24(17(2)21(27(28)30-22)15-19-10-6-4-7-11-19)26-23(16)25(18(3)29-26)20-12-8-5-9-13-20/h4-14H,15H2,1-3H3. The molecule has 2 heterocycles. The summed E-state index contributed by atoms with van der Waals surface area (Å²) in [6, 6.07) is 22.2. The second-order valence-electron chi connectivity index (χ2n) is 7.83. The predicted molar refractivity (Wildman–Crippen MR) is 121 cm³/mol. The van der Waals surface area contributed by atoms with E-state index in [9.17, 15) is 4.79 Å². The summed E-state index contributed by atoms with van der Waals surface area (Å²) in [7, 11) is 0. The second kappa shape index (κ2) is 7.03. The van der Waals surface area contributed by atoms with Crippen LogP contribution in [0.4, 0.5) is 0 Å². The van der Waals surface area contributed by atoms with Gasteiger partial charge in [0, 0.05) is 22.9 Å². The number of hydrogen-bond acceptors (Lipinski definition) is 3. The molecule has 5 aromatic rings. The van der Waals surface area contributed by atoms with E-state index in [1.807, 2.05) is 75.4 Å². The summed E-state index contributed by atoms with van der Waals surface area (Å²) in [6.45, 7) is 6.02. The van der Waals surface area contributed by atoms with Crippen LogP contribution in [-0.4, -0.2) is 0 Å². The highest BCUT2D eigenvalue weighted by Gasteiger charge is 2.22. The first kappa shape index (κ1) is 18.4. The van der Waals surface area contributed by atoms with Gasteiger partial charge in [-0.1, -0.05) is 60.7 Å². The monoisotopic (exact) mass is 394 g/mol.